The summed E-state index contributed by atoms with van der Waals surface area (Å²) < 4.78 is 6.79. The number of carboxylic acids is 1. The van der Waals surface area contributed by atoms with E-state index >= 15 is 0 Å². The SMILES string of the molecule is O=C(O)c1cccn2nc(C3CCOC3)nc12. The van der Waals surface area contributed by atoms with Crippen molar-refractivity contribution in [2.24, 2.45) is 0 Å². The van der Waals surface area contributed by atoms with Crippen molar-refractivity contribution in [1.29, 1.82) is 0 Å². The highest BCUT2D eigenvalue weighted by atomic mass is 16.5. The highest BCUT2D eigenvalue weighted by Crippen LogP contribution is 2.23. The fraction of sp³-hybridized carbons (Fsp3) is 0.364. The lowest BCUT2D eigenvalue weighted by Crippen LogP contribution is -2.00. The Hall–Kier alpha value is -1.95. The molecule has 1 fully saturated rings. The molecule has 3 rings (SSSR count). The van der Waals surface area contributed by atoms with Crippen LogP contribution in [0, 0.1) is 0 Å². The van der Waals surface area contributed by atoms with Crippen LogP contribution in [0.4, 0.5) is 0 Å². The molecule has 17 heavy (non-hydrogen) atoms. The lowest BCUT2D eigenvalue weighted by molar-refractivity contribution is 0.0698. The van der Waals surface area contributed by atoms with Crippen molar-refractivity contribution in [3.05, 3.63) is 29.7 Å². The zero-order valence-corrected chi connectivity index (χ0v) is 9.04. The number of pyridine rings is 1. The summed E-state index contributed by atoms with van der Waals surface area (Å²) in [5.41, 5.74) is 0.562. The maximum absolute atomic E-state index is 11.0. The molecule has 1 aliphatic heterocycles. The molecule has 88 valence electrons. The van der Waals surface area contributed by atoms with E-state index in [1.165, 1.54) is 10.6 Å². The first kappa shape index (κ1) is 10.2. The van der Waals surface area contributed by atoms with Gasteiger partial charge in [-0.25, -0.2) is 14.3 Å². The predicted octanol–water partition coefficient (Wildman–Crippen LogP) is 0.931. The van der Waals surface area contributed by atoms with Gasteiger partial charge in [0.1, 0.15) is 5.56 Å². The summed E-state index contributed by atoms with van der Waals surface area (Å²) in [4.78, 5) is 15.3. The summed E-state index contributed by atoms with van der Waals surface area (Å²) >= 11 is 0. The fourth-order valence-electron chi connectivity index (χ4n) is 2.00. The summed E-state index contributed by atoms with van der Waals surface area (Å²) in [5.74, 6) is -0.148. The standard InChI is InChI=1S/C11H11N3O3/c15-11(16)8-2-1-4-14-10(8)12-9(13-14)7-3-5-17-6-7/h1-2,4,7H,3,5-6H2,(H,15,16). The first-order chi connectivity index (χ1) is 8.25. The zero-order valence-electron chi connectivity index (χ0n) is 9.04. The maximum Gasteiger partial charge on any atom is 0.339 e. The van der Waals surface area contributed by atoms with Crippen LogP contribution in [0.1, 0.15) is 28.5 Å². The van der Waals surface area contributed by atoms with Crippen LogP contribution in [0.25, 0.3) is 5.65 Å². The first-order valence-corrected chi connectivity index (χ1v) is 5.42. The number of fused-ring (bicyclic) bond motifs is 1. The van der Waals surface area contributed by atoms with Gasteiger partial charge in [0.15, 0.2) is 11.5 Å². The molecule has 0 radical (unpaired) electrons. The van der Waals surface area contributed by atoms with E-state index in [2.05, 4.69) is 10.1 Å². The first-order valence-electron chi connectivity index (χ1n) is 5.42. The number of carbonyl (C=O) groups is 1. The summed E-state index contributed by atoms with van der Waals surface area (Å²) in [6, 6.07) is 3.18. The molecule has 2 aromatic heterocycles. The van der Waals surface area contributed by atoms with E-state index in [1.54, 1.807) is 12.3 Å². The Morgan fingerprint density at radius 3 is 3.18 bits per heavy atom. The number of aromatic nitrogens is 3. The predicted molar refractivity (Wildman–Crippen MR) is 58.1 cm³/mol. The van der Waals surface area contributed by atoms with Gasteiger partial charge in [0.2, 0.25) is 0 Å². The van der Waals surface area contributed by atoms with Crippen LogP contribution >= 0.6 is 0 Å². The minimum absolute atomic E-state index is 0.171. The van der Waals surface area contributed by atoms with Gasteiger partial charge in [-0.2, -0.15) is 5.10 Å². The number of nitrogens with zero attached hydrogens (tertiary/aromatic N) is 3. The molecule has 0 amide bonds. The molecule has 1 aliphatic rings. The van der Waals surface area contributed by atoms with Crippen LogP contribution in [0.15, 0.2) is 18.3 Å². The van der Waals surface area contributed by atoms with E-state index in [4.69, 9.17) is 9.84 Å². The largest absolute Gasteiger partial charge is 0.478 e. The average Bonchev–Trinajstić information content (AvgIpc) is 2.96. The number of carboxylic acid groups (broad SMARTS) is 1. The Labute approximate surface area is 96.8 Å². The Morgan fingerprint density at radius 1 is 1.59 bits per heavy atom. The molecule has 2 aromatic rings. The average molecular weight is 233 g/mol. The smallest absolute Gasteiger partial charge is 0.339 e. The lowest BCUT2D eigenvalue weighted by atomic mass is 10.1. The van der Waals surface area contributed by atoms with Crippen molar-refractivity contribution in [3.63, 3.8) is 0 Å². The number of aromatic carboxylic acids is 1. The number of hydrogen-bond donors (Lipinski definition) is 1. The topological polar surface area (TPSA) is 76.7 Å². The fourth-order valence-corrected chi connectivity index (χ4v) is 2.00. The number of hydrogen-bond acceptors (Lipinski definition) is 4. The van der Waals surface area contributed by atoms with Gasteiger partial charge in [-0.05, 0) is 18.6 Å². The third-order valence-corrected chi connectivity index (χ3v) is 2.90. The van der Waals surface area contributed by atoms with Gasteiger partial charge in [0.05, 0.1) is 6.61 Å². The van der Waals surface area contributed by atoms with Crippen LogP contribution in [-0.4, -0.2) is 38.9 Å². The van der Waals surface area contributed by atoms with Crippen molar-refractivity contribution >= 4 is 11.6 Å². The van der Waals surface area contributed by atoms with Crippen molar-refractivity contribution < 1.29 is 14.6 Å². The Bertz CT molecular complexity index is 572. The van der Waals surface area contributed by atoms with Gasteiger partial charge in [-0.3, -0.25) is 0 Å². The molecular weight excluding hydrogens is 222 g/mol. The van der Waals surface area contributed by atoms with Gasteiger partial charge < -0.3 is 9.84 Å². The van der Waals surface area contributed by atoms with Crippen molar-refractivity contribution in [1.82, 2.24) is 14.6 Å². The third kappa shape index (κ3) is 1.66. The molecule has 1 N–H and O–H groups in total. The van der Waals surface area contributed by atoms with E-state index < -0.39 is 5.97 Å². The van der Waals surface area contributed by atoms with E-state index in [-0.39, 0.29) is 11.5 Å². The molecule has 3 heterocycles. The molecule has 6 heteroatoms. The van der Waals surface area contributed by atoms with E-state index in [0.29, 0.717) is 24.7 Å². The molecule has 6 nitrogen and oxygen atoms in total. The summed E-state index contributed by atoms with van der Waals surface area (Å²) in [6.07, 6.45) is 2.59. The Morgan fingerprint density at radius 2 is 2.47 bits per heavy atom. The monoisotopic (exact) mass is 233 g/mol. The lowest BCUT2D eigenvalue weighted by Gasteiger charge is -1.98. The summed E-state index contributed by atoms with van der Waals surface area (Å²) in [5, 5.41) is 13.4. The Balaban J connectivity index is 2.11. The molecule has 0 bridgehead atoms. The van der Waals surface area contributed by atoms with Crippen LogP contribution in [0.5, 0.6) is 0 Å². The van der Waals surface area contributed by atoms with Gasteiger partial charge in [0, 0.05) is 18.7 Å². The van der Waals surface area contributed by atoms with E-state index in [0.717, 1.165) is 6.42 Å². The van der Waals surface area contributed by atoms with Crippen LogP contribution < -0.4 is 0 Å². The molecule has 0 aromatic carbocycles. The normalized spacial score (nSPS) is 19.9. The zero-order chi connectivity index (χ0) is 11.8. The van der Waals surface area contributed by atoms with Gasteiger partial charge in [-0.1, -0.05) is 0 Å². The van der Waals surface area contributed by atoms with Crippen molar-refractivity contribution in [2.45, 2.75) is 12.3 Å². The van der Waals surface area contributed by atoms with Crippen molar-refractivity contribution in [3.8, 4) is 0 Å². The second-order valence-electron chi connectivity index (χ2n) is 4.03. The molecule has 1 atom stereocenters. The maximum atomic E-state index is 11.0. The van der Waals surface area contributed by atoms with Crippen LogP contribution in [0.2, 0.25) is 0 Å². The quantitative estimate of drug-likeness (QED) is 0.835. The molecular formula is C11H11N3O3. The highest BCUT2D eigenvalue weighted by Gasteiger charge is 2.23. The Kier molecular flexibility index (Phi) is 2.29. The van der Waals surface area contributed by atoms with Crippen LogP contribution in [-0.2, 0) is 4.74 Å². The molecule has 0 aliphatic carbocycles. The molecule has 1 unspecified atom stereocenters. The van der Waals surface area contributed by atoms with E-state index in [1.807, 2.05) is 0 Å². The second-order valence-corrected chi connectivity index (χ2v) is 4.03. The molecule has 0 spiro atoms. The van der Waals surface area contributed by atoms with Gasteiger partial charge >= 0.3 is 5.97 Å². The van der Waals surface area contributed by atoms with Gasteiger partial charge in [0.25, 0.3) is 0 Å². The molecule has 0 saturated carbocycles. The minimum Gasteiger partial charge on any atom is -0.478 e. The minimum atomic E-state index is -0.989. The van der Waals surface area contributed by atoms with Crippen LogP contribution in [0.3, 0.4) is 0 Å². The van der Waals surface area contributed by atoms with Gasteiger partial charge in [-0.15, -0.1) is 0 Å². The van der Waals surface area contributed by atoms with E-state index in [9.17, 15) is 4.79 Å². The molecule has 1 saturated heterocycles. The third-order valence-electron chi connectivity index (χ3n) is 2.90. The number of ether oxygens (including phenoxy) is 1. The van der Waals surface area contributed by atoms with Crippen molar-refractivity contribution in [2.75, 3.05) is 13.2 Å². The highest BCUT2D eigenvalue weighted by molar-refractivity contribution is 5.94. The summed E-state index contributed by atoms with van der Waals surface area (Å²) in [6.45, 7) is 1.32. The second kappa shape index (κ2) is 3.81. The summed E-state index contributed by atoms with van der Waals surface area (Å²) in [7, 11) is 0. The number of rotatable bonds is 2.